The summed E-state index contributed by atoms with van der Waals surface area (Å²) in [7, 11) is 1.89. The summed E-state index contributed by atoms with van der Waals surface area (Å²) in [6.45, 7) is 3.17. The zero-order valence-corrected chi connectivity index (χ0v) is 15.6. The van der Waals surface area contributed by atoms with Crippen molar-refractivity contribution in [3.8, 4) is 0 Å². The van der Waals surface area contributed by atoms with Gasteiger partial charge in [-0.2, -0.15) is 0 Å². The maximum absolute atomic E-state index is 12.4. The molecule has 0 aliphatic carbocycles. The van der Waals surface area contributed by atoms with Gasteiger partial charge in [-0.1, -0.05) is 30.3 Å². The molecule has 1 aliphatic rings. The number of carbonyl (C=O) groups excluding carboxylic acids is 2. The number of morpholine rings is 1. The molecule has 1 fully saturated rings. The maximum atomic E-state index is 12.4. The molecule has 2 amide bonds. The Balaban J connectivity index is 1.48. The molecule has 1 aliphatic heterocycles. The molecule has 142 valence electrons. The fraction of sp³-hybridized carbons (Fsp3) is 0.333. The zero-order valence-electron chi connectivity index (χ0n) is 15.6. The second-order valence-electron chi connectivity index (χ2n) is 6.57. The molecule has 0 atom stereocenters. The SMILES string of the molecule is CN(CC(=O)NCc1ccc(C(=O)N2CCOCC2)cc1)c1ccccc1. The van der Waals surface area contributed by atoms with Crippen LogP contribution in [0.5, 0.6) is 0 Å². The van der Waals surface area contributed by atoms with Gasteiger partial charge in [-0.05, 0) is 29.8 Å². The third kappa shape index (κ3) is 5.31. The van der Waals surface area contributed by atoms with Crippen LogP contribution >= 0.6 is 0 Å². The summed E-state index contributed by atoms with van der Waals surface area (Å²) < 4.78 is 5.28. The molecule has 0 unspecified atom stereocenters. The predicted octanol–water partition coefficient (Wildman–Crippen LogP) is 1.91. The standard InChI is InChI=1S/C21H25N3O3/c1-23(19-5-3-2-4-6-19)16-20(25)22-15-17-7-9-18(10-8-17)21(26)24-11-13-27-14-12-24/h2-10H,11-16H2,1H3,(H,22,25). The van der Waals surface area contributed by atoms with Gasteiger partial charge >= 0.3 is 0 Å². The predicted molar refractivity (Wildman–Crippen MR) is 105 cm³/mol. The van der Waals surface area contributed by atoms with Gasteiger partial charge in [0.2, 0.25) is 5.91 Å². The minimum absolute atomic E-state index is 0.0263. The largest absolute Gasteiger partial charge is 0.378 e. The highest BCUT2D eigenvalue weighted by atomic mass is 16.5. The van der Waals surface area contributed by atoms with E-state index in [0.717, 1.165) is 11.3 Å². The summed E-state index contributed by atoms with van der Waals surface area (Å²) in [6, 6.07) is 17.2. The number of carbonyl (C=O) groups is 2. The molecule has 0 saturated carbocycles. The second-order valence-corrected chi connectivity index (χ2v) is 6.57. The lowest BCUT2D eigenvalue weighted by molar-refractivity contribution is -0.119. The van der Waals surface area contributed by atoms with Gasteiger partial charge < -0.3 is 19.9 Å². The smallest absolute Gasteiger partial charge is 0.254 e. The van der Waals surface area contributed by atoms with E-state index in [2.05, 4.69) is 5.32 Å². The van der Waals surface area contributed by atoms with Crippen molar-refractivity contribution in [1.29, 1.82) is 0 Å². The van der Waals surface area contributed by atoms with Crippen LogP contribution < -0.4 is 10.2 Å². The van der Waals surface area contributed by atoms with Crippen LogP contribution in [0.15, 0.2) is 54.6 Å². The Kier molecular flexibility index (Phi) is 6.44. The first-order chi connectivity index (χ1) is 13.1. The van der Waals surface area contributed by atoms with E-state index in [0.29, 0.717) is 38.4 Å². The van der Waals surface area contributed by atoms with E-state index < -0.39 is 0 Å². The third-order valence-corrected chi connectivity index (χ3v) is 4.57. The molecule has 1 saturated heterocycles. The average Bonchev–Trinajstić information content (AvgIpc) is 2.73. The van der Waals surface area contributed by atoms with Crippen molar-refractivity contribution in [2.75, 3.05) is 44.8 Å². The van der Waals surface area contributed by atoms with Gasteiger partial charge in [0.05, 0.1) is 19.8 Å². The number of nitrogens with one attached hydrogen (secondary N) is 1. The second kappa shape index (κ2) is 9.19. The number of benzene rings is 2. The first-order valence-electron chi connectivity index (χ1n) is 9.12. The molecular formula is C21H25N3O3. The van der Waals surface area contributed by atoms with Crippen molar-refractivity contribution in [2.45, 2.75) is 6.54 Å². The summed E-state index contributed by atoms with van der Waals surface area (Å²) >= 11 is 0. The molecule has 0 spiro atoms. The summed E-state index contributed by atoms with van der Waals surface area (Å²) in [6.07, 6.45) is 0. The topological polar surface area (TPSA) is 61.9 Å². The number of likely N-dealkylation sites (N-methyl/N-ethyl adjacent to an activating group) is 1. The molecule has 6 heteroatoms. The van der Waals surface area contributed by atoms with Gasteiger partial charge in [0.15, 0.2) is 0 Å². The highest BCUT2D eigenvalue weighted by Gasteiger charge is 2.18. The van der Waals surface area contributed by atoms with E-state index in [4.69, 9.17) is 4.74 Å². The number of rotatable bonds is 6. The van der Waals surface area contributed by atoms with E-state index in [-0.39, 0.29) is 18.4 Å². The van der Waals surface area contributed by atoms with E-state index >= 15 is 0 Å². The quantitative estimate of drug-likeness (QED) is 0.847. The monoisotopic (exact) mass is 367 g/mol. The first kappa shape index (κ1) is 18.9. The lowest BCUT2D eigenvalue weighted by Crippen LogP contribution is -2.40. The zero-order chi connectivity index (χ0) is 19.1. The Morgan fingerprint density at radius 3 is 2.37 bits per heavy atom. The van der Waals surface area contributed by atoms with Crippen molar-refractivity contribution in [3.63, 3.8) is 0 Å². The number of hydrogen-bond donors (Lipinski definition) is 1. The van der Waals surface area contributed by atoms with Crippen molar-refractivity contribution in [3.05, 3.63) is 65.7 Å². The van der Waals surface area contributed by atoms with Gasteiger partial charge in [0, 0.05) is 37.9 Å². The van der Waals surface area contributed by atoms with Crippen molar-refractivity contribution in [2.24, 2.45) is 0 Å². The number of para-hydroxylation sites is 1. The normalized spacial score (nSPS) is 13.9. The number of hydrogen-bond acceptors (Lipinski definition) is 4. The summed E-state index contributed by atoms with van der Waals surface area (Å²) in [5.41, 5.74) is 2.62. The lowest BCUT2D eigenvalue weighted by Gasteiger charge is -2.26. The highest BCUT2D eigenvalue weighted by molar-refractivity contribution is 5.94. The molecule has 2 aromatic rings. The van der Waals surface area contributed by atoms with Gasteiger partial charge in [-0.3, -0.25) is 9.59 Å². The van der Waals surface area contributed by atoms with Gasteiger partial charge in [0.25, 0.3) is 5.91 Å². The Morgan fingerprint density at radius 1 is 1.04 bits per heavy atom. The molecule has 1 N–H and O–H groups in total. The molecule has 0 radical (unpaired) electrons. The van der Waals surface area contributed by atoms with Gasteiger partial charge in [-0.15, -0.1) is 0 Å². The molecule has 0 aromatic heterocycles. The fourth-order valence-electron chi connectivity index (χ4n) is 2.96. The maximum Gasteiger partial charge on any atom is 0.254 e. The minimum Gasteiger partial charge on any atom is -0.378 e. The molecule has 6 nitrogen and oxygen atoms in total. The van der Waals surface area contributed by atoms with Crippen LogP contribution in [0.4, 0.5) is 5.69 Å². The van der Waals surface area contributed by atoms with Crippen molar-refractivity contribution >= 4 is 17.5 Å². The lowest BCUT2D eigenvalue weighted by atomic mass is 10.1. The molecule has 3 rings (SSSR count). The van der Waals surface area contributed by atoms with E-state index in [1.54, 1.807) is 4.90 Å². The first-order valence-corrected chi connectivity index (χ1v) is 9.12. The number of ether oxygens (including phenoxy) is 1. The molecule has 27 heavy (non-hydrogen) atoms. The van der Waals surface area contributed by atoms with Gasteiger partial charge in [0.1, 0.15) is 0 Å². The average molecular weight is 367 g/mol. The molecule has 0 bridgehead atoms. The van der Waals surface area contributed by atoms with E-state index in [1.165, 1.54) is 0 Å². The van der Waals surface area contributed by atoms with Crippen LogP contribution in [-0.2, 0) is 16.1 Å². The van der Waals surface area contributed by atoms with Crippen LogP contribution in [0, 0.1) is 0 Å². The number of nitrogens with zero attached hydrogens (tertiary/aromatic N) is 2. The molecule has 1 heterocycles. The van der Waals surface area contributed by atoms with Crippen LogP contribution in [-0.4, -0.2) is 56.6 Å². The summed E-state index contributed by atoms with van der Waals surface area (Å²) in [5.74, 6) is -0.0202. The Hall–Kier alpha value is -2.86. The van der Waals surface area contributed by atoms with Crippen LogP contribution in [0.2, 0.25) is 0 Å². The van der Waals surface area contributed by atoms with Crippen LogP contribution in [0.1, 0.15) is 15.9 Å². The van der Waals surface area contributed by atoms with Crippen LogP contribution in [0.25, 0.3) is 0 Å². The summed E-state index contributed by atoms with van der Waals surface area (Å²) in [4.78, 5) is 28.3. The Morgan fingerprint density at radius 2 is 1.70 bits per heavy atom. The minimum atomic E-state index is -0.0465. The van der Waals surface area contributed by atoms with Crippen molar-refractivity contribution in [1.82, 2.24) is 10.2 Å². The van der Waals surface area contributed by atoms with E-state index in [9.17, 15) is 9.59 Å². The van der Waals surface area contributed by atoms with Gasteiger partial charge in [-0.25, -0.2) is 0 Å². The Bertz CT molecular complexity index is 756. The van der Waals surface area contributed by atoms with Crippen LogP contribution in [0.3, 0.4) is 0 Å². The molecular weight excluding hydrogens is 342 g/mol. The van der Waals surface area contributed by atoms with Crippen molar-refractivity contribution < 1.29 is 14.3 Å². The third-order valence-electron chi connectivity index (χ3n) is 4.57. The fourth-order valence-corrected chi connectivity index (χ4v) is 2.96. The number of anilines is 1. The van der Waals surface area contributed by atoms with E-state index in [1.807, 2.05) is 66.5 Å². The molecule has 2 aromatic carbocycles. The Labute approximate surface area is 159 Å². The summed E-state index contributed by atoms with van der Waals surface area (Å²) in [5, 5.41) is 2.92. The highest BCUT2D eigenvalue weighted by Crippen LogP contribution is 2.11. The number of amides is 2.